The molecule has 3 heteroatoms. The molecule has 0 N–H and O–H groups in total. The molecule has 1 aliphatic carbocycles. The summed E-state index contributed by atoms with van der Waals surface area (Å²) in [6.07, 6.45) is 4.88. The first kappa shape index (κ1) is 12.6. The highest BCUT2D eigenvalue weighted by Gasteiger charge is 2.29. The Morgan fingerprint density at radius 1 is 1.65 bits per heavy atom. The van der Waals surface area contributed by atoms with Crippen molar-refractivity contribution in [3.05, 3.63) is 29.6 Å². The third-order valence-corrected chi connectivity index (χ3v) is 4.79. The lowest BCUT2D eigenvalue weighted by Gasteiger charge is -2.11. The third-order valence-electron chi connectivity index (χ3n) is 3.43. The summed E-state index contributed by atoms with van der Waals surface area (Å²) in [5, 5.41) is 0.573. The van der Waals surface area contributed by atoms with E-state index in [1.54, 1.807) is 18.0 Å². The highest BCUT2D eigenvalue weighted by molar-refractivity contribution is 8.00. The number of hydrogen-bond acceptors (Lipinski definition) is 3. The maximum Gasteiger partial charge on any atom is 0.151 e. The van der Waals surface area contributed by atoms with E-state index in [2.05, 4.69) is 24.9 Å². The van der Waals surface area contributed by atoms with Crippen molar-refractivity contribution in [1.29, 1.82) is 0 Å². The summed E-state index contributed by atoms with van der Waals surface area (Å²) in [5.74, 6) is 1.05. The standard InChI is InChI=1S/C14H19NOS/c1-3-10(2)17-9-13(16)12-7-6-11-5-4-8-15-14(11)12/h4-5,8,10,12H,3,6-7,9H2,1-2H3. The van der Waals surface area contributed by atoms with Crippen LogP contribution in [0.1, 0.15) is 43.9 Å². The molecular weight excluding hydrogens is 230 g/mol. The van der Waals surface area contributed by atoms with E-state index in [-0.39, 0.29) is 5.92 Å². The van der Waals surface area contributed by atoms with Crippen LogP contribution in [0.25, 0.3) is 0 Å². The molecule has 0 amide bonds. The Labute approximate surface area is 107 Å². The van der Waals surface area contributed by atoms with Gasteiger partial charge in [0.15, 0.2) is 5.78 Å². The minimum absolute atomic E-state index is 0.0581. The van der Waals surface area contributed by atoms with Crippen LogP contribution in [0.15, 0.2) is 18.3 Å². The predicted octanol–water partition coefficient (Wildman–Crippen LogP) is 3.21. The summed E-state index contributed by atoms with van der Waals surface area (Å²) >= 11 is 1.77. The lowest BCUT2D eigenvalue weighted by atomic mass is 10.0. The van der Waals surface area contributed by atoms with Crippen LogP contribution in [0.2, 0.25) is 0 Å². The van der Waals surface area contributed by atoms with E-state index in [4.69, 9.17) is 0 Å². The molecule has 0 aromatic carbocycles. The Hall–Kier alpha value is -0.830. The van der Waals surface area contributed by atoms with E-state index in [1.165, 1.54) is 5.56 Å². The zero-order chi connectivity index (χ0) is 12.3. The number of ketones is 1. The van der Waals surface area contributed by atoms with Gasteiger partial charge in [0.25, 0.3) is 0 Å². The summed E-state index contributed by atoms with van der Waals surface area (Å²) in [6.45, 7) is 4.34. The van der Waals surface area contributed by atoms with Crippen LogP contribution in [0.3, 0.4) is 0 Å². The van der Waals surface area contributed by atoms with Crippen molar-refractivity contribution >= 4 is 17.5 Å². The van der Waals surface area contributed by atoms with Gasteiger partial charge in [0.2, 0.25) is 0 Å². The largest absolute Gasteiger partial charge is 0.298 e. The number of Topliss-reactive ketones (excluding diaryl/α,β-unsaturated/α-hetero) is 1. The molecule has 1 aromatic heterocycles. The molecule has 0 saturated heterocycles. The van der Waals surface area contributed by atoms with E-state index >= 15 is 0 Å². The SMILES string of the molecule is CCC(C)SCC(=O)C1CCc2cccnc21. The van der Waals surface area contributed by atoms with Crippen molar-refractivity contribution in [2.45, 2.75) is 44.3 Å². The van der Waals surface area contributed by atoms with Gasteiger partial charge in [0.05, 0.1) is 17.4 Å². The molecule has 0 fully saturated rings. The van der Waals surface area contributed by atoms with Crippen LogP contribution in [-0.4, -0.2) is 21.8 Å². The highest BCUT2D eigenvalue weighted by atomic mass is 32.2. The first-order chi connectivity index (χ1) is 8.22. The van der Waals surface area contributed by atoms with Crippen LogP contribution in [0.4, 0.5) is 0 Å². The van der Waals surface area contributed by atoms with Gasteiger partial charge in [-0.15, -0.1) is 0 Å². The number of nitrogens with zero attached hydrogens (tertiary/aromatic N) is 1. The smallest absolute Gasteiger partial charge is 0.151 e. The monoisotopic (exact) mass is 249 g/mol. The molecule has 0 bridgehead atoms. The van der Waals surface area contributed by atoms with Gasteiger partial charge in [0.1, 0.15) is 0 Å². The van der Waals surface area contributed by atoms with E-state index in [0.29, 0.717) is 16.8 Å². The molecule has 0 radical (unpaired) electrons. The Kier molecular flexibility index (Phi) is 4.21. The molecule has 1 aliphatic rings. The lowest BCUT2D eigenvalue weighted by Crippen LogP contribution is -2.14. The summed E-state index contributed by atoms with van der Waals surface area (Å²) in [5.41, 5.74) is 2.29. The predicted molar refractivity (Wildman–Crippen MR) is 72.5 cm³/mol. The zero-order valence-electron chi connectivity index (χ0n) is 10.5. The van der Waals surface area contributed by atoms with Crippen LogP contribution >= 0.6 is 11.8 Å². The molecule has 92 valence electrons. The summed E-state index contributed by atoms with van der Waals surface area (Å²) in [4.78, 5) is 16.5. The van der Waals surface area contributed by atoms with Gasteiger partial charge in [-0.2, -0.15) is 11.8 Å². The Morgan fingerprint density at radius 3 is 3.24 bits per heavy atom. The quantitative estimate of drug-likeness (QED) is 0.802. The van der Waals surface area contributed by atoms with Gasteiger partial charge >= 0.3 is 0 Å². The maximum atomic E-state index is 12.2. The van der Waals surface area contributed by atoms with Gasteiger partial charge in [-0.1, -0.05) is 19.9 Å². The molecule has 1 aromatic rings. The first-order valence-corrected chi connectivity index (χ1v) is 7.35. The fourth-order valence-corrected chi connectivity index (χ4v) is 3.05. The molecule has 0 saturated carbocycles. The van der Waals surface area contributed by atoms with Crippen molar-refractivity contribution < 1.29 is 4.79 Å². The number of hydrogen-bond donors (Lipinski definition) is 0. The average molecular weight is 249 g/mol. The van der Waals surface area contributed by atoms with Gasteiger partial charge in [0, 0.05) is 11.4 Å². The highest BCUT2D eigenvalue weighted by Crippen LogP contribution is 2.32. The van der Waals surface area contributed by atoms with Gasteiger partial charge in [-0.3, -0.25) is 9.78 Å². The van der Waals surface area contributed by atoms with E-state index in [0.717, 1.165) is 25.0 Å². The number of fused-ring (bicyclic) bond motifs is 1. The number of aromatic nitrogens is 1. The molecular formula is C14H19NOS. The van der Waals surface area contributed by atoms with E-state index in [9.17, 15) is 4.79 Å². The number of pyridine rings is 1. The van der Waals surface area contributed by atoms with Gasteiger partial charge < -0.3 is 0 Å². The number of rotatable bonds is 5. The Balaban J connectivity index is 1.98. The van der Waals surface area contributed by atoms with Gasteiger partial charge in [-0.25, -0.2) is 0 Å². The maximum absolute atomic E-state index is 12.2. The van der Waals surface area contributed by atoms with Crippen LogP contribution in [0, 0.1) is 0 Å². The fraction of sp³-hybridized carbons (Fsp3) is 0.571. The van der Waals surface area contributed by atoms with E-state index in [1.807, 2.05) is 6.07 Å². The number of aryl methyl sites for hydroxylation is 1. The van der Waals surface area contributed by atoms with Crippen molar-refractivity contribution in [3.8, 4) is 0 Å². The second-order valence-corrected chi connectivity index (χ2v) is 6.06. The van der Waals surface area contributed by atoms with Crippen LogP contribution < -0.4 is 0 Å². The zero-order valence-corrected chi connectivity index (χ0v) is 11.3. The number of carbonyl (C=O) groups excluding carboxylic acids is 1. The minimum atomic E-state index is 0.0581. The van der Waals surface area contributed by atoms with Crippen LogP contribution in [0.5, 0.6) is 0 Å². The minimum Gasteiger partial charge on any atom is -0.298 e. The fourth-order valence-electron chi connectivity index (χ4n) is 2.17. The molecule has 0 aliphatic heterocycles. The molecule has 2 unspecified atom stereocenters. The Bertz CT molecular complexity index is 405. The lowest BCUT2D eigenvalue weighted by molar-refractivity contribution is -0.118. The number of thioether (sulfide) groups is 1. The molecule has 2 nitrogen and oxygen atoms in total. The molecule has 2 atom stereocenters. The first-order valence-electron chi connectivity index (χ1n) is 6.30. The Morgan fingerprint density at radius 2 is 2.47 bits per heavy atom. The summed E-state index contributed by atoms with van der Waals surface area (Å²) in [7, 11) is 0. The van der Waals surface area contributed by atoms with Gasteiger partial charge in [-0.05, 0) is 30.9 Å². The second-order valence-electron chi connectivity index (χ2n) is 4.64. The molecule has 2 rings (SSSR count). The molecule has 17 heavy (non-hydrogen) atoms. The third kappa shape index (κ3) is 2.89. The molecule has 1 heterocycles. The van der Waals surface area contributed by atoms with Crippen molar-refractivity contribution in [2.24, 2.45) is 0 Å². The normalized spacial score (nSPS) is 20.0. The van der Waals surface area contributed by atoms with Crippen LogP contribution in [-0.2, 0) is 11.2 Å². The second kappa shape index (κ2) is 5.67. The van der Waals surface area contributed by atoms with E-state index < -0.39 is 0 Å². The topological polar surface area (TPSA) is 30.0 Å². The number of carbonyl (C=O) groups is 1. The average Bonchev–Trinajstić information content (AvgIpc) is 2.79. The molecule has 0 spiro atoms. The van der Waals surface area contributed by atoms with Crippen molar-refractivity contribution in [2.75, 3.05) is 5.75 Å². The summed E-state index contributed by atoms with van der Waals surface area (Å²) in [6, 6.07) is 4.05. The van der Waals surface area contributed by atoms with Crippen molar-refractivity contribution in [3.63, 3.8) is 0 Å². The van der Waals surface area contributed by atoms with Crippen molar-refractivity contribution in [1.82, 2.24) is 4.98 Å². The summed E-state index contributed by atoms with van der Waals surface area (Å²) < 4.78 is 0.